The maximum absolute atomic E-state index is 11.4. The number of ether oxygens (including phenoxy) is 1. The number of carbonyl (C=O) groups excluding carboxylic acids is 1. The van der Waals surface area contributed by atoms with Gasteiger partial charge < -0.3 is 10.1 Å². The number of rotatable bonds is 7. The van der Waals surface area contributed by atoms with Crippen molar-refractivity contribution in [3.8, 4) is 0 Å². The summed E-state index contributed by atoms with van der Waals surface area (Å²) in [4.78, 5) is 11.4. The van der Waals surface area contributed by atoms with Crippen LogP contribution in [-0.4, -0.2) is 25.2 Å². The number of hydrogen-bond donors (Lipinski definition) is 1. The normalized spacial score (nSPS) is 12.9. The summed E-state index contributed by atoms with van der Waals surface area (Å²) in [5, 5.41) is 2.96. The molecule has 0 saturated carbocycles. The fourth-order valence-corrected chi connectivity index (χ4v) is 0.972. The average molecular weight is 201 g/mol. The lowest BCUT2D eigenvalue weighted by atomic mass is 10.1. The van der Waals surface area contributed by atoms with Gasteiger partial charge in [0.25, 0.3) is 0 Å². The fourth-order valence-electron chi connectivity index (χ4n) is 0.972. The molecule has 0 aliphatic heterocycles. The summed E-state index contributed by atoms with van der Waals surface area (Å²) in [6.45, 7) is 9.60. The Morgan fingerprint density at radius 3 is 2.50 bits per heavy atom. The van der Waals surface area contributed by atoms with Gasteiger partial charge in [-0.2, -0.15) is 0 Å². The van der Waals surface area contributed by atoms with Gasteiger partial charge in [-0.05, 0) is 26.2 Å². The summed E-state index contributed by atoms with van der Waals surface area (Å²) in [6.07, 6.45) is 1.38. The van der Waals surface area contributed by atoms with Crippen molar-refractivity contribution >= 4 is 5.91 Å². The van der Waals surface area contributed by atoms with Crippen LogP contribution in [0.1, 0.15) is 40.5 Å². The van der Waals surface area contributed by atoms with E-state index in [9.17, 15) is 4.79 Å². The van der Waals surface area contributed by atoms with E-state index in [1.807, 2.05) is 13.8 Å². The molecule has 0 saturated heterocycles. The average Bonchev–Trinajstić information content (AvgIpc) is 2.12. The molecule has 0 heterocycles. The molecule has 0 aliphatic rings. The van der Waals surface area contributed by atoms with E-state index in [4.69, 9.17) is 4.74 Å². The van der Waals surface area contributed by atoms with E-state index in [2.05, 4.69) is 19.2 Å². The topological polar surface area (TPSA) is 38.3 Å². The van der Waals surface area contributed by atoms with Crippen molar-refractivity contribution in [3.63, 3.8) is 0 Å². The molecule has 3 nitrogen and oxygen atoms in total. The maximum Gasteiger partial charge on any atom is 0.220 e. The molecule has 0 aromatic heterocycles. The predicted octanol–water partition coefficient (Wildman–Crippen LogP) is 1.96. The Morgan fingerprint density at radius 2 is 2.00 bits per heavy atom. The zero-order chi connectivity index (χ0) is 11.0. The van der Waals surface area contributed by atoms with Crippen LogP contribution in [0, 0.1) is 5.92 Å². The van der Waals surface area contributed by atoms with Crippen molar-refractivity contribution in [3.05, 3.63) is 0 Å². The summed E-state index contributed by atoms with van der Waals surface area (Å²) < 4.78 is 5.16. The summed E-state index contributed by atoms with van der Waals surface area (Å²) in [7, 11) is 0. The molecule has 0 rings (SSSR count). The van der Waals surface area contributed by atoms with Crippen molar-refractivity contribution in [2.75, 3.05) is 13.2 Å². The molecule has 0 aromatic rings. The summed E-state index contributed by atoms with van der Waals surface area (Å²) in [5.74, 6) is 0.622. The first-order valence-electron chi connectivity index (χ1n) is 5.45. The fraction of sp³-hybridized carbons (Fsp3) is 0.909. The molecule has 0 aromatic carbocycles. The Morgan fingerprint density at radius 1 is 1.36 bits per heavy atom. The SMILES string of the molecule is CCOCCCC(=O)NC(C)C(C)C. The van der Waals surface area contributed by atoms with E-state index in [0.717, 1.165) is 13.0 Å². The van der Waals surface area contributed by atoms with Crippen molar-refractivity contribution in [1.29, 1.82) is 0 Å². The molecule has 1 amide bonds. The molecule has 0 spiro atoms. The highest BCUT2D eigenvalue weighted by atomic mass is 16.5. The van der Waals surface area contributed by atoms with Gasteiger partial charge >= 0.3 is 0 Å². The molecular weight excluding hydrogens is 178 g/mol. The van der Waals surface area contributed by atoms with Crippen LogP contribution >= 0.6 is 0 Å². The number of amides is 1. The second-order valence-corrected chi connectivity index (χ2v) is 3.90. The van der Waals surface area contributed by atoms with E-state index in [1.165, 1.54) is 0 Å². The minimum atomic E-state index is 0.130. The molecule has 84 valence electrons. The monoisotopic (exact) mass is 201 g/mol. The van der Waals surface area contributed by atoms with Crippen molar-refractivity contribution in [1.82, 2.24) is 5.32 Å². The van der Waals surface area contributed by atoms with Gasteiger partial charge in [0.05, 0.1) is 0 Å². The van der Waals surface area contributed by atoms with Gasteiger partial charge in [0, 0.05) is 25.7 Å². The minimum Gasteiger partial charge on any atom is -0.382 e. The lowest BCUT2D eigenvalue weighted by Crippen LogP contribution is -2.36. The van der Waals surface area contributed by atoms with Gasteiger partial charge in [-0.3, -0.25) is 4.79 Å². The lowest BCUT2D eigenvalue weighted by Gasteiger charge is -2.17. The molecule has 1 unspecified atom stereocenters. The van der Waals surface area contributed by atoms with Crippen LogP contribution in [0.2, 0.25) is 0 Å². The summed E-state index contributed by atoms with van der Waals surface area (Å²) >= 11 is 0. The van der Waals surface area contributed by atoms with E-state index in [1.54, 1.807) is 0 Å². The largest absolute Gasteiger partial charge is 0.382 e. The van der Waals surface area contributed by atoms with Crippen molar-refractivity contribution in [2.45, 2.75) is 46.6 Å². The second kappa shape index (κ2) is 7.80. The van der Waals surface area contributed by atoms with E-state index >= 15 is 0 Å². The Labute approximate surface area is 87.2 Å². The van der Waals surface area contributed by atoms with E-state index in [-0.39, 0.29) is 11.9 Å². The summed E-state index contributed by atoms with van der Waals surface area (Å²) in [5.41, 5.74) is 0. The third kappa shape index (κ3) is 6.89. The van der Waals surface area contributed by atoms with Crippen LogP contribution in [-0.2, 0) is 9.53 Å². The quantitative estimate of drug-likeness (QED) is 0.639. The highest BCUT2D eigenvalue weighted by Gasteiger charge is 2.09. The van der Waals surface area contributed by atoms with Crippen LogP contribution in [0.5, 0.6) is 0 Å². The molecular formula is C11H23NO2. The molecule has 0 aliphatic carbocycles. The first kappa shape index (κ1) is 13.4. The second-order valence-electron chi connectivity index (χ2n) is 3.90. The Balaban J connectivity index is 3.45. The van der Waals surface area contributed by atoms with Crippen LogP contribution in [0.4, 0.5) is 0 Å². The first-order valence-corrected chi connectivity index (χ1v) is 5.45. The zero-order valence-corrected chi connectivity index (χ0v) is 9.80. The standard InChI is InChI=1S/C11H23NO2/c1-5-14-8-6-7-11(13)12-10(4)9(2)3/h9-10H,5-8H2,1-4H3,(H,12,13). The molecule has 3 heteroatoms. The predicted molar refractivity (Wildman–Crippen MR) is 58.2 cm³/mol. The molecule has 1 N–H and O–H groups in total. The highest BCUT2D eigenvalue weighted by Crippen LogP contribution is 2.00. The molecule has 0 fully saturated rings. The minimum absolute atomic E-state index is 0.130. The van der Waals surface area contributed by atoms with Gasteiger partial charge in [0.15, 0.2) is 0 Å². The number of hydrogen-bond acceptors (Lipinski definition) is 2. The lowest BCUT2D eigenvalue weighted by molar-refractivity contribution is -0.122. The Kier molecular flexibility index (Phi) is 7.48. The van der Waals surface area contributed by atoms with Gasteiger partial charge in [-0.15, -0.1) is 0 Å². The smallest absolute Gasteiger partial charge is 0.220 e. The maximum atomic E-state index is 11.4. The van der Waals surface area contributed by atoms with Gasteiger partial charge in [0.2, 0.25) is 5.91 Å². The van der Waals surface area contributed by atoms with Gasteiger partial charge in [-0.25, -0.2) is 0 Å². The number of carbonyl (C=O) groups is 1. The number of nitrogens with one attached hydrogen (secondary N) is 1. The molecule has 0 bridgehead atoms. The third-order valence-electron chi connectivity index (χ3n) is 2.29. The molecule has 0 radical (unpaired) electrons. The van der Waals surface area contributed by atoms with Crippen LogP contribution in [0.25, 0.3) is 0 Å². The molecule has 14 heavy (non-hydrogen) atoms. The zero-order valence-electron chi connectivity index (χ0n) is 9.80. The van der Waals surface area contributed by atoms with Crippen LogP contribution < -0.4 is 5.32 Å². The molecule has 1 atom stereocenters. The third-order valence-corrected chi connectivity index (χ3v) is 2.29. The van der Waals surface area contributed by atoms with E-state index < -0.39 is 0 Å². The summed E-state index contributed by atoms with van der Waals surface area (Å²) in [6, 6.07) is 0.259. The van der Waals surface area contributed by atoms with Crippen molar-refractivity contribution < 1.29 is 9.53 Å². The highest BCUT2D eigenvalue weighted by molar-refractivity contribution is 5.76. The van der Waals surface area contributed by atoms with Crippen LogP contribution in [0.15, 0.2) is 0 Å². The van der Waals surface area contributed by atoms with E-state index in [0.29, 0.717) is 18.9 Å². The first-order chi connectivity index (χ1) is 6.57. The van der Waals surface area contributed by atoms with Gasteiger partial charge in [0.1, 0.15) is 0 Å². The van der Waals surface area contributed by atoms with Crippen molar-refractivity contribution in [2.24, 2.45) is 5.92 Å². The Hall–Kier alpha value is -0.570. The van der Waals surface area contributed by atoms with Gasteiger partial charge in [-0.1, -0.05) is 13.8 Å². The van der Waals surface area contributed by atoms with Crippen LogP contribution in [0.3, 0.4) is 0 Å². The Bertz CT molecular complexity index is 157.